The first kappa shape index (κ1) is 9.11. The van der Waals surface area contributed by atoms with Gasteiger partial charge in [0, 0.05) is 6.54 Å². The summed E-state index contributed by atoms with van der Waals surface area (Å²) in [5.74, 6) is 0.749. The van der Waals surface area contributed by atoms with Crippen LogP contribution in [0.3, 0.4) is 0 Å². The highest BCUT2D eigenvalue weighted by atomic mass is 32.1. The molecule has 1 aromatic heterocycles. The van der Waals surface area contributed by atoms with E-state index in [4.69, 9.17) is 10.5 Å². The maximum Gasteiger partial charge on any atom is 0.299 e. The Morgan fingerprint density at radius 2 is 2.07 bits per heavy atom. The average Bonchev–Trinajstić information content (AvgIpc) is 2.72. The summed E-state index contributed by atoms with van der Waals surface area (Å²) in [4.78, 5) is 0. The number of hydrogen-bond acceptors (Lipinski definition) is 5. The number of ether oxygens (including phenoxy) is 1. The lowest BCUT2D eigenvalue weighted by Crippen LogP contribution is -1.95. The van der Waals surface area contributed by atoms with Gasteiger partial charge in [0.25, 0.3) is 5.19 Å². The molecule has 0 atom stereocenters. The van der Waals surface area contributed by atoms with Crippen LogP contribution in [0, 0.1) is 0 Å². The molecule has 2 rings (SSSR count). The highest BCUT2D eigenvalue weighted by Gasteiger charge is 1.99. The standard InChI is InChI=1S/C9H9N3OS/c10-5-7-1-3-8(4-2-7)13-9-12-11-6-14-9/h1-4,6H,5,10H2. The quantitative estimate of drug-likeness (QED) is 0.833. The van der Waals surface area contributed by atoms with Crippen molar-refractivity contribution in [2.45, 2.75) is 6.54 Å². The van der Waals surface area contributed by atoms with Gasteiger partial charge in [-0.05, 0) is 17.7 Å². The molecule has 2 N–H and O–H groups in total. The van der Waals surface area contributed by atoms with Gasteiger partial charge < -0.3 is 10.5 Å². The van der Waals surface area contributed by atoms with Crippen LogP contribution in [-0.4, -0.2) is 10.2 Å². The van der Waals surface area contributed by atoms with Crippen molar-refractivity contribution in [1.29, 1.82) is 0 Å². The summed E-state index contributed by atoms with van der Waals surface area (Å²) in [6.07, 6.45) is 0. The van der Waals surface area contributed by atoms with Crippen LogP contribution in [0.2, 0.25) is 0 Å². The van der Waals surface area contributed by atoms with Gasteiger partial charge in [0.05, 0.1) is 0 Å². The van der Waals surface area contributed by atoms with Crippen molar-refractivity contribution in [2.75, 3.05) is 0 Å². The SMILES string of the molecule is NCc1ccc(Oc2nncs2)cc1. The molecule has 0 aliphatic heterocycles. The van der Waals surface area contributed by atoms with Gasteiger partial charge in [0.1, 0.15) is 11.3 Å². The Morgan fingerprint density at radius 1 is 1.29 bits per heavy atom. The summed E-state index contributed by atoms with van der Waals surface area (Å²) in [5, 5.41) is 8.00. The molecule has 2 aromatic rings. The van der Waals surface area contributed by atoms with Crippen molar-refractivity contribution in [3.05, 3.63) is 35.3 Å². The highest BCUT2D eigenvalue weighted by Crippen LogP contribution is 2.22. The van der Waals surface area contributed by atoms with Gasteiger partial charge in [-0.15, -0.1) is 5.10 Å². The Balaban J connectivity index is 2.10. The van der Waals surface area contributed by atoms with Crippen molar-refractivity contribution in [3.63, 3.8) is 0 Å². The van der Waals surface area contributed by atoms with Crippen LogP contribution < -0.4 is 10.5 Å². The van der Waals surface area contributed by atoms with E-state index in [2.05, 4.69) is 10.2 Å². The number of benzene rings is 1. The molecule has 0 fully saturated rings. The second-order valence-electron chi connectivity index (χ2n) is 2.65. The summed E-state index contributed by atoms with van der Waals surface area (Å²) in [7, 11) is 0. The van der Waals surface area contributed by atoms with E-state index in [1.807, 2.05) is 24.3 Å². The summed E-state index contributed by atoms with van der Waals surface area (Å²) in [5.41, 5.74) is 8.18. The number of nitrogens with two attached hydrogens (primary N) is 1. The second kappa shape index (κ2) is 4.17. The molecule has 0 saturated carbocycles. The van der Waals surface area contributed by atoms with E-state index in [-0.39, 0.29) is 0 Å². The van der Waals surface area contributed by atoms with Crippen molar-refractivity contribution >= 4 is 11.3 Å². The van der Waals surface area contributed by atoms with Crippen molar-refractivity contribution in [3.8, 4) is 10.9 Å². The minimum Gasteiger partial charge on any atom is -0.430 e. The molecule has 0 radical (unpaired) electrons. The van der Waals surface area contributed by atoms with E-state index in [0.29, 0.717) is 11.7 Å². The van der Waals surface area contributed by atoms with Crippen LogP contribution in [0.5, 0.6) is 10.9 Å². The summed E-state index contributed by atoms with van der Waals surface area (Å²) in [6, 6.07) is 7.58. The van der Waals surface area contributed by atoms with Crippen LogP contribution in [0.4, 0.5) is 0 Å². The second-order valence-corrected chi connectivity index (χ2v) is 3.45. The van der Waals surface area contributed by atoms with Crippen LogP contribution in [0.15, 0.2) is 29.8 Å². The Labute approximate surface area is 85.4 Å². The molecule has 0 aliphatic rings. The first-order chi connectivity index (χ1) is 6.88. The van der Waals surface area contributed by atoms with Gasteiger partial charge in [-0.25, -0.2) is 0 Å². The largest absolute Gasteiger partial charge is 0.430 e. The Hall–Kier alpha value is -1.46. The topological polar surface area (TPSA) is 61.0 Å². The van der Waals surface area contributed by atoms with Crippen molar-refractivity contribution in [2.24, 2.45) is 5.73 Å². The first-order valence-electron chi connectivity index (χ1n) is 4.11. The lowest BCUT2D eigenvalue weighted by Gasteiger charge is -2.01. The molecular weight excluding hydrogens is 198 g/mol. The van der Waals surface area contributed by atoms with E-state index in [1.54, 1.807) is 5.51 Å². The molecule has 0 bridgehead atoms. The van der Waals surface area contributed by atoms with Crippen LogP contribution in [0.25, 0.3) is 0 Å². The zero-order valence-electron chi connectivity index (χ0n) is 7.38. The fourth-order valence-corrected chi connectivity index (χ4v) is 1.42. The number of aromatic nitrogens is 2. The maximum absolute atomic E-state index is 5.47. The smallest absolute Gasteiger partial charge is 0.299 e. The Bertz CT molecular complexity index is 385. The third-order valence-corrected chi connectivity index (χ3v) is 2.27. The minimum absolute atomic E-state index is 0.541. The van der Waals surface area contributed by atoms with Crippen molar-refractivity contribution < 1.29 is 4.74 Å². The van der Waals surface area contributed by atoms with Gasteiger partial charge in [-0.2, -0.15) is 0 Å². The van der Waals surface area contributed by atoms with Crippen LogP contribution >= 0.6 is 11.3 Å². The lowest BCUT2D eigenvalue weighted by molar-refractivity contribution is 0.473. The predicted molar refractivity (Wildman–Crippen MR) is 54.3 cm³/mol. The number of hydrogen-bond donors (Lipinski definition) is 1. The van der Waals surface area contributed by atoms with E-state index in [0.717, 1.165) is 11.3 Å². The normalized spacial score (nSPS) is 10.1. The molecule has 0 unspecified atom stereocenters. The maximum atomic E-state index is 5.47. The molecule has 1 aromatic carbocycles. The van der Waals surface area contributed by atoms with E-state index in [9.17, 15) is 0 Å². The fraction of sp³-hybridized carbons (Fsp3) is 0.111. The molecule has 0 aliphatic carbocycles. The third-order valence-electron chi connectivity index (χ3n) is 1.70. The van der Waals surface area contributed by atoms with Crippen LogP contribution in [0.1, 0.15) is 5.56 Å². The van der Waals surface area contributed by atoms with Gasteiger partial charge in [0.15, 0.2) is 0 Å². The Kier molecular flexibility index (Phi) is 2.71. The molecule has 0 amide bonds. The first-order valence-corrected chi connectivity index (χ1v) is 4.99. The van der Waals surface area contributed by atoms with E-state index >= 15 is 0 Å². The molecule has 0 spiro atoms. The highest BCUT2D eigenvalue weighted by molar-refractivity contribution is 7.11. The predicted octanol–water partition coefficient (Wildman–Crippen LogP) is 1.79. The fourth-order valence-electron chi connectivity index (χ4n) is 1.00. The van der Waals surface area contributed by atoms with E-state index in [1.165, 1.54) is 11.3 Å². The third kappa shape index (κ3) is 2.07. The Morgan fingerprint density at radius 3 is 2.64 bits per heavy atom. The minimum atomic E-state index is 0.541. The summed E-state index contributed by atoms with van der Waals surface area (Å²) in [6.45, 7) is 0.541. The molecular formula is C9H9N3OS. The van der Waals surface area contributed by atoms with Gasteiger partial charge in [-0.1, -0.05) is 28.6 Å². The summed E-state index contributed by atoms with van der Waals surface area (Å²) >= 11 is 1.36. The van der Waals surface area contributed by atoms with Crippen molar-refractivity contribution in [1.82, 2.24) is 10.2 Å². The van der Waals surface area contributed by atoms with Crippen LogP contribution in [-0.2, 0) is 6.54 Å². The molecule has 14 heavy (non-hydrogen) atoms. The summed E-state index contributed by atoms with van der Waals surface area (Å²) < 4.78 is 5.42. The zero-order chi connectivity index (χ0) is 9.80. The zero-order valence-corrected chi connectivity index (χ0v) is 8.20. The molecule has 1 heterocycles. The van der Waals surface area contributed by atoms with Gasteiger partial charge >= 0.3 is 0 Å². The molecule has 72 valence electrons. The molecule has 0 saturated heterocycles. The molecule has 4 nitrogen and oxygen atoms in total. The lowest BCUT2D eigenvalue weighted by atomic mass is 10.2. The van der Waals surface area contributed by atoms with Gasteiger partial charge in [-0.3, -0.25) is 0 Å². The number of rotatable bonds is 3. The number of nitrogens with zero attached hydrogens (tertiary/aromatic N) is 2. The van der Waals surface area contributed by atoms with Gasteiger partial charge in [0.2, 0.25) is 0 Å². The molecule has 5 heteroatoms. The monoisotopic (exact) mass is 207 g/mol. The average molecular weight is 207 g/mol. The van der Waals surface area contributed by atoms with E-state index < -0.39 is 0 Å².